The molecule has 0 aromatic heterocycles. The first-order chi connectivity index (χ1) is 6.64. The fourth-order valence-corrected chi connectivity index (χ4v) is 1.99. The Morgan fingerprint density at radius 2 is 2.21 bits per heavy atom. The Bertz CT molecular complexity index is 210. The number of amides is 1. The summed E-state index contributed by atoms with van der Waals surface area (Å²) in [7, 11) is 0. The van der Waals surface area contributed by atoms with E-state index in [1.54, 1.807) is 0 Å². The maximum Gasteiger partial charge on any atom is 0.262 e. The van der Waals surface area contributed by atoms with Crippen LogP contribution >= 0.6 is 12.6 Å². The Labute approximate surface area is 91.2 Å². The summed E-state index contributed by atoms with van der Waals surface area (Å²) >= 11 is 4.49. The molecule has 1 fully saturated rings. The van der Waals surface area contributed by atoms with Crippen molar-refractivity contribution in [2.24, 2.45) is 0 Å². The van der Waals surface area contributed by atoms with Gasteiger partial charge in [0.2, 0.25) is 0 Å². The lowest BCUT2D eigenvalue weighted by Crippen LogP contribution is -2.43. The third-order valence-electron chi connectivity index (χ3n) is 2.70. The van der Waals surface area contributed by atoms with E-state index in [0.29, 0.717) is 13.2 Å². The smallest absolute Gasteiger partial charge is 0.262 e. The lowest BCUT2D eigenvalue weighted by Gasteiger charge is -2.28. The standard InChI is InChI=1S/C10H19NO2S/c1-3-10(14)7-5-6-8-11(9(10)12)13-4-2/h14H,3-8H2,1-2H3. The van der Waals surface area contributed by atoms with Gasteiger partial charge in [-0.1, -0.05) is 6.92 Å². The molecular weight excluding hydrogens is 198 g/mol. The Hall–Kier alpha value is -0.220. The van der Waals surface area contributed by atoms with E-state index >= 15 is 0 Å². The van der Waals surface area contributed by atoms with Gasteiger partial charge in [0, 0.05) is 6.54 Å². The van der Waals surface area contributed by atoms with E-state index in [1.807, 2.05) is 13.8 Å². The normalized spacial score (nSPS) is 29.1. The molecule has 1 saturated heterocycles. The van der Waals surface area contributed by atoms with E-state index in [2.05, 4.69) is 12.6 Å². The molecule has 0 radical (unpaired) electrons. The molecule has 1 rings (SSSR count). The van der Waals surface area contributed by atoms with Gasteiger partial charge < -0.3 is 0 Å². The third kappa shape index (κ3) is 2.42. The van der Waals surface area contributed by atoms with Crippen LogP contribution in [0.5, 0.6) is 0 Å². The molecule has 0 aromatic rings. The maximum absolute atomic E-state index is 12.0. The summed E-state index contributed by atoms with van der Waals surface area (Å²) in [5, 5.41) is 1.49. The van der Waals surface area contributed by atoms with Crippen LogP contribution in [0.1, 0.15) is 39.5 Å². The summed E-state index contributed by atoms with van der Waals surface area (Å²) < 4.78 is -0.508. The number of carbonyl (C=O) groups is 1. The molecule has 0 N–H and O–H groups in total. The van der Waals surface area contributed by atoms with E-state index < -0.39 is 4.75 Å². The summed E-state index contributed by atoms with van der Waals surface area (Å²) in [5.41, 5.74) is 0. The van der Waals surface area contributed by atoms with Crippen LogP contribution in [-0.2, 0) is 9.63 Å². The van der Waals surface area contributed by atoms with E-state index in [9.17, 15) is 4.79 Å². The Morgan fingerprint density at radius 3 is 2.79 bits per heavy atom. The van der Waals surface area contributed by atoms with Crippen molar-refractivity contribution in [2.75, 3.05) is 13.2 Å². The van der Waals surface area contributed by atoms with Crippen LogP contribution in [0.25, 0.3) is 0 Å². The van der Waals surface area contributed by atoms with E-state index in [4.69, 9.17) is 4.84 Å². The minimum atomic E-state index is -0.508. The SMILES string of the molecule is CCON1CCCCC(S)(CC)C1=O. The molecule has 1 unspecified atom stereocenters. The topological polar surface area (TPSA) is 29.5 Å². The summed E-state index contributed by atoms with van der Waals surface area (Å²) in [6, 6.07) is 0. The Morgan fingerprint density at radius 1 is 1.50 bits per heavy atom. The Kier molecular flexibility index (Phi) is 4.26. The molecule has 1 atom stereocenters. The number of nitrogens with zero attached hydrogens (tertiary/aromatic N) is 1. The van der Waals surface area contributed by atoms with Crippen molar-refractivity contribution >= 4 is 18.5 Å². The fourth-order valence-electron chi connectivity index (χ4n) is 1.72. The highest BCUT2D eigenvalue weighted by atomic mass is 32.1. The molecule has 4 heteroatoms. The predicted octanol–water partition coefficient (Wildman–Crippen LogP) is 2.03. The maximum atomic E-state index is 12.0. The molecule has 1 aliphatic rings. The van der Waals surface area contributed by atoms with Crippen LogP contribution in [-0.4, -0.2) is 28.9 Å². The van der Waals surface area contributed by atoms with E-state index in [1.165, 1.54) is 5.06 Å². The number of hydrogen-bond donors (Lipinski definition) is 1. The minimum Gasteiger partial charge on any atom is -0.271 e. The van der Waals surface area contributed by atoms with E-state index in [0.717, 1.165) is 25.7 Å². The van der Waals surface area contributed by atoms with Crippen molar-refractivity contribution in [3.63, 3.8) is 0 Å². The van der Waals surface area contributed by atoms with Gasteiger partial charge in [-0.15, -0.1) is 0 Å². The zero-order valence-corrected chi connectivity index (χ0v) is 9.85. The first-order valence-electron chi connectivity index (χ1n) is 5.31. The van der Waals surface area contributed by atoms with Crippen LogP contribution in [0.3, 0.4) is 0 Å². The van der Waals surface area contributed by atoms with Crippen LogP contribution in [0.15, 0.2) is 0 Å². The summed E-state index contributed by atoms with van der Waals surface area (Å²) in [5.74, 6) is 0.0303. The third-order valence-corrected chi connectivity index (χ3v) is 3.43. The molecule has 0 spiro atoms. The minimum absolute atomic E-state index is 0.0303. The molecule has 0 bridgehead atoms. The van der Waals surface area contributed by atoms with Gasteiger partial charge in [0.25, 0.3) is 5.91 Å². The van der Waals surface area contributed by atoms with E-state index in [-0.39, 0.29) is 5.91 Å². The van der Waals surface area contributed by atoms with Crippen LogP contribution in [0, 0.1) is 0 Å². The molecule has 0 aromatic carbocycles. The van der Waals surface area contributed by atoms with Gasteiger partial charge in [-0.25, -0.2) is 5.06 Å². The largest absolute Gasteiger partial charge is 0.271 e. The van der Waals surface area contributed by atoms with Crippen LogP contribution in [0.2, 0.25) is 0 Å². The van der Waals surface area contributed by atoms with Gasteiger partial charge in [-0.3, -0.25) is 9.63 Å². The second kappa shape index (κ2) is 5.03. The second-order valence-electron chi connectivity index (χ2n) is 3.67. The van der Waals surface area contributed by atoms with Gasteiger partial charge in [0.15, 0.2) is 0 Å². The van der Waals surface area contributed by atoms with Crippen molar-refractivity contribution in [1.29, 1.82) is 0 Å². The summed E-state index contributed by atoms with van der Waals surface area (Å²) in [6.45, 7) is 5.14. The highest BCUT2D eigenvalue weighted by molar-refractivity contribution is 7.82. The second-order valence-corrected chi connectivity index (χ2v) is 4.52. The molecule has 1 heterocycles. The molecule has 1 aliphatic heterocycles. The van der Waals surface area contributed by atoms with Crippen molar-refractivity contribution in [1.82, 2.24) is 5.06 Å². The monoisotopic (exact) mass is 217 g/mol. The predicted molar refractivity (Wildman–Crippen MR) is 59.2 cm³/mol. The first kappa shape index (κ1) is 11.9. The molecule has 1 amide bonds. The van der Waals surface area contributed by atoms with Crippen molar-refractivity contribution in [2.45, 2.75) is 44.3 Å². The molecule has 0 saturated carbocycles. The number of thiol groups is 1. The highest BCUT2D eigenvalue weighted by Crippen LogP contribution is 2.31. The summed E-state index contributed by atoms with van der Waals surface area (Å²) in [6.07, 6.45) is 3.67. The average Bonchev–Trinajstić information content (AvgIpc) is 2.32. The number of hydroxylamine groups is 2. The molecule has 0 aliphatic carbocycles. The van der Waals surface area contributed by atoms with Crippen molar-refractivity contribution in [3.8, 4) is 0 Å². The lowest BCUT2D eigenvalue weighted by atomic mass is 9.99. The fraction of sp³-hybridized carbons (Fsp3) is 0.900. The number of hydrogen-bond acceptors (Lipinski definition) is 3. The zero-order valence-electron chi connectivity index (χ0n) is 8.95. The van der Waals surface area contributed by atoms with Gasteiger partial charge in [-0.05, 0) is 32.6 Å². The summed E-state index contributed by atoms with van der Waals surface area (Å²) in [4.78, 5) is 17.3. The van der Waals surface area contributed by atoms with Gasteiger partial charge in [0.05, 0.1) is 11.4 Å². The van der Waals surface area contributed by atoms with Gasteiger partial charge in [0.1, 0.15) is 0 Å². The van der Waals surface area contributed by atoms with Gasteiger partial charge >= 0.3 is 0 Å². The molecule has 3 nitrogen and oxygen atoms in total. The average molecular weight is 217 g/mol. The zero-order chi connectivity index (χ0) is 10.6. The quantitative estimate of drug-likeness (QED) is 0.733. The molecular formula is C10H19NO2S. The Balaban J connectivity index is 2.74. The van der Waals surface area contributed by atoms with Crippen LogP contribution in [0.4, 0.5) is 0 Å². The highest BCUT2D eigenvalue weighted by Gasteiger charge is 2.38. The number of rotatable bonds is 3. The van der Waals surface area contributed by atoms with Crippen molar-refractivity contribution in [3.05, 3.63) is 0 Å². The van der Waals surface area contributed by atoms with Crippen molar-refractivity contribution < 1.29 is 9.63 Å². The lowest BCUT2D eigenvalue weighted by molar-refractivity contribution is -0.186. The molecule has 14 heavy (non-hydrogen) atoms. The first-order valence-corrected chi connectivity index (χ1v) is 5.76. The molecule has 82 valence electrons. The van der Waals surface area contributed by atoms with Crippen LogP contribution < -0.4 is 0 Å². The van der Waals surface area contributed by atoms with Gasteiger partial charge in [-0.2, -0.15) is 12.6 Å². The number of carbonyl (C=O) groups excluding carboxylic acids is 1.